The Kier molecular flexibility index (Phi) is 5.96. The van der Waals surface area contributed by atoms with Gasteiger partial charge in [0.2, 0.25) is 5.91 Å². The van der Waals surface area contributed by atoms with Gasteiger partial charge in [-0.05, 0) is 55.0 Å². The number of carbonyl (C=O) groups excluding carboxylic acids is 2. The van der Waals surface area contributed by atoms with Gasteiger partial charge in [0.05, 0.1) is 13.2 Å². The number of benzene rings is 2. The SMILES string of the molecule is O=C(C1CC2CCCCC2N1C(=O)c1ccccc1)N1CCOC(c2ccc(F)cc2)C1. The first-order valence-electron chi connectivity index (χ1n) is 11.7. The molecule has 32 heavy (non-hydrogen) atoms. The molecule has 0 spiro atoms. The summed E-state index contributed by atoms with van der Waals surface area (Å²) < 4.78 is 19.2. The van der Waals surface area contributed by atoms with Gasteiger partial charge in [-0.15, -0.1) is 0 Å². The third-order valence-corrected chi connectivity index (χ3v) is 7.25. The summed E-state index contributed by atoms with van der Waals surface area (Å²) >= 11 is 0. The van der Waals surface area contributed by atoms with Crippen LogP contribution in [0.4, 0.5) is 4.39 Å². The molecule has 3 aliphatic rings. The van der Waals surface area contributed by atoms with Crippen molar-refractivity contribution in [2.24, 2.45) is 5.92 Å². The molecule has 5 rings (SSSR count). The van der Waals surface area contributed by atoms with E-state index in [9.17, 15) is 14.0 Å². The monoisotopic (exact) mass is 436 g/mol. The van der Waals surface area contributed by atoms with Crippen LogP contribution in [0.25, 0.3) is 0 Å². The lowest BCUT2D eigenvalue weighted by Gasteiger charge is -2.38. The highest BCUT2D eigenvalue weighted by molar-refractivity contribution is 5.98. The van der Waals surface area contributed by atoms with Crippen LogP contribution in [-0.2, 0) is 9.53 Å². The van der Waals surface area contributed by atoms with Gasteiger partial charge in [0.15, 0.2) is 0 Å². The Morgan fingerprint density at radius 3 is 2.50 bits per heavy atom. The van der Waals surface area contributed by atoms with E-state index >= 15 is 0 Å². The minimum absolute atomic E-state index is 0.0130. The maximum atomic E-state index is 13.7. The van der Waals surface area contributed by atoms with Crippen LogP contribution in [0.5, 0.6) is 0 Å². The molecule has 2 aliphatic heterocycles. The molecule has 168 valence electrons. The number of nitrogens with zero attached hydrogens (tertiary/aromatic N) is 2. The second-order valence-corrected chi connectivity index (χ2v) is 9.14. The Bertz CT molecular complexity index is 965. The minimum Gasteiger partial charge on any atom is -0.370 e. The van der Waals surface area contributed by atoms with E-state index in [4.69, 9.17) is 4.74 Å². The fourth-order valence-electron chi connectivity index (χ4n) is 5.64. The van der Waals surface area contributed by atoms with E-state index in [0.29, 0.717) is 31.2 Å². The van der Waals surface area contributed by atoms with Crippen molar-refractivity contribution in [2.75, 3.05) is 19.7 Å². The fraction of sp³-hybridized carbons (Fsp3) is 0.462. The van der Waals surface area contributed by atoms with Gasteiger partial charge in [-0.25, -0.2) is 4.39 Å². The number of rotatable bonds is 3. The van der Waals surface area contributed by atoms with Gasteiger partial charge in [0, 0.05) is 18.2 Å². The van der Waals surface area contributed by atoms with E-state index in [0.717, 1.165) is 31.2 Å². The number of hydrogen-bond acceptors (Lipinski definition) is 3. The summed E-state index contributed by atoms with van der Waals surface area (Å²) in [6, 6.07) is 15.3. The van der Waals surface area contributed by atoms with Gasteiger partial charge >= 0.3 is 0 Å². The van der Waals surface area contributed by atoms with Crippen molar-refractivity contribution >= 4 is 11.8 Å². The third kappa shape index (κ3) is 4.04. The second-order valence-electron chi connectivity index (χ2n) is 9.14. The summed E-state index contributed by atoms with van der Waals surface area (Å²) in [6.07, 6.45) is 4.77. The molecule has 1 saturated carbocycles. The molecular weight excluding hydrogens is 407 g/mol. The Hall–Kier alpha value is -2.73. The minimum atomic E-state index is -0.428. The molecule has 4 unspecified atom stereocenters. The van der Waals surface area contributed by atoms with E-state index in [2.05, 4.69) is 0 Å². The van der Waals surface area contributed by atoms with Crippen molar-refractivity contribution in [3.8, 4) is 0 Å². The van der Waals surface area contributed by atoms with Crippen LogP contribution in [0.3, 0.4) is 0 Å². The molecule has 0 N–H and O–H groups in total. The summed E-state index contributed by atoms with van der Waals surface area (Å²) in [4.78, 5) is 31.0. The highest BCUT2D eigenvalue weighted by Crippen LogP contribution is 2.41. The molecule has 3 fully saturated rings. The van der Waals surface area contributed by atoms with Crippen LogP contribution in [0.1, 0.15) is 54.1 Å². The quantitative estimate of drug-likeness (QED) is 0.725. The van der Waals surface area contributed by atoms with Crippen molar-refractivity contribution in [1.29, 1.82) is 0 Å². The van der Waals surface area contributed by atoms with Crippen molar-refractivity contribution in [1.82, 2.24) is 9.80 Å². The van der Waals surface area contributed by atoms with Gasteiger partial charge in [0.1, 0.15) is 18.0 Å². The lowest BCUT2D eigenvalue weighted by molar-refractivity contribution is -0.143. The molecule has 4 atom stereocenters. The molecule has 6 heteroatoms. The van der Waals surface area contributed by atoms with Crippen molar-refractivity contribution in [3.05, 3.63) is 71.5 Å². The van der Waals surface area contributed by atoms with Gasteiger partial charge in [0.25, 0.3) is 5.91 Å². The number of halogens is 1. The molecule has 1 aliphatic carbocycles. The lowest BCUT2D eigenvalue weighted by atomic mass is 9.84. The van der Waals surface area contributed by atoms with Crippen LogP contribution in [0, 0.1) is 11.7 Å². The molecule has 2 heterocycles. The predicted molar refractivity (Wildman–Crippen MR) is 118 cm³/mol. The maximum Gasteiger partial charge on any atom is 0.254 e. The predicted octanol–water partition coefficient (Wildman–Crippen LogP) is 4.20. The third-order valence-electron chi connectivity index (χ3n) is 7.25. The summed E-state index contributed by atoms with van der Waals surface area (Å²) in [6.45, 7) is 1.36. The molecule has 2 aromatic carbocycles. The fourth-order valence-corrected chi connectivity index (χ4v) is 5.64. The van der Waals surface area contributed by atoms with Crippen molar-refractivity contribution in [3.63, 3.8) is 0 Å². The number of fused-ring (bicyclic) bond motifs is 1. The van der Waals surface area contributed by atoms with Gasteiger partial charge in [-0.1, -0.05) is 43.2 Å². The largest absolute Gasteiger partial charge is 0.370 e. The first-order chi connectivity index (χ1) is 15.6. The molecule has 0 aromatic heterocycles. The number of hydrogen-bond donors (Lipinski definition) is 0. The zero-order valence-corrected chi connectivity index (χ0v) is 18.2. The smallest absolute Gasteiger partial charge is 0.254 e. The number of morpholine rings is 1. The Morgan fingerprint density at radius 1 is 0.969 bits per heavy atom. The zero-order valence-electron chi connectivity index (χ0n) is 18.2. The van der Waals surface area contributed by atoms with Crippen LogP contribution >= 0.6 is 0 Å². The Morgan fingerprint density at radius 2 is 1.72 bits per heavy atom. The number of amides is 2. The van der Waals surface area contributed by atoms with Crippen LogP contribution < -0.4 is 0 Å². The lowest BCUT2D eigenvalue weighted by Crippen LogP contribution is -2.53. The van der Waals surface area contributed by atoms with Crippen molar-refractivity contribution in [2.45, 2.75) is 50.3 Å². The normalized spacial score (nSPS) is 27.8. The highest BCUT2D eigenvalue weighted by atomic mass is 19.1. The molecule has 2 amide bonds. The Balaban J connectivity index is 1.38. The first kappa shape index (κ1) is 21.1. The second kappa shape index (κ2) is 9.02. The first-order valence-corrected chi connectivity index (χ1v) is 11.7. The summed E-state index contributed by atoms with van der Waals surface area (Å²) in [5.74, 6) is 0.0706. The number of carbonyl (C=O) groups is 2. The molecule has 2 aromatic rings. The molecule has 0 bridgehead atoms. The summed E-state index contributed by atoms with van der Waals surface area (Å²) in [5, 5.41) is 0. The van der Waals surface area contributed by atoms with E-state index in [1.165, 1.54) is 18.6 Å². The average Bonchev–Trinajstić information content (AvgIpc) is 3.24. The van der Waals surface area contributed by atoms with Crippen LogP contribution in [0.2, 0.25) is 0 Å². The summed E-state index contributed by atoms with van der Waals surface area (Å²) in [7, 11) is 0. The van der Waals surface area contributed by atoms with Gasteiger partial charge in [-0.3, -0.25) is 9.59 Å². The molecule has 2 saturated heterocycles. The van der Waals surface area contributed by atoms with Crippen LogP contribution in [0.15, 0.2) is 54.6 Å². The average molecular weight is 437 g/mol. The standard InChI is InChI=1S/C26H29FN2O3/c27-21-12-10-18(11-13-21)24-17-28(14-15-32-24)26(31)23-16-20-8-4-5-9-22(20)29(23)25(30)19-6-2-1-3-7-19/h1-3,6-7,10-13,20,22-24H,4-5,8-9,14-17H2. The molecular formula is C26H29FN2O3. The van der Waals surface area contributed by atoms with Crippen LogP contribution in [-0.4, -0.2) is 53.4 Å². The summed E-state index contributed by atoms with van der Waals surface area (Å²) in [5.41, 5.74) is 1.50. The van der Waals surface area contributed by atoms with E-state index in [1.54, 1.807) is 12.1 Å². The Labute approximate surface area is 188 Å². The number of ether oxygens (including phenoxy) is 1. The van der Waals surface area contributed by atoms with E-state index < -0.39 is 6.04 Å². The number of likely N-dealkylation sites (tertiary alicyclic amines) is 1. The van der Waals surface area contributed by atoms with Crippen molar-refractivity contribution < 1.29 is 18.7 Å². The van der Waals surface area contributed by atoms with Gasteiger partial charge in [-0.2, -0.15) is 0 Å². The molecule has 0 radical (unpaired) electrons. The van der Waals surface area contributed by atoms with Gasteiger partial charge < -0.3 is 14.5 Å². The molecule has 5 nitrogen and oxygen atoms in total. The topological polar surface area (TPSA) is 49.9 Å². The van der Waals surface area contributed by atoms with E-state index in [-0.39, 0.29) is 29.8 Å². The maximum absolute atomic E-state index is 13.7. The van der Waals surface area contributed by atoms with E-state index in [1.807, 2.05) is 40.1 Å². The zero-order chi connectivity index (χ0) is 22.1. The highest BCUT2D eigenvalue weighted by Gasteiger charge is 2.49.